The third kappa shape index (κ3) is 4.77. The number of ether oxygens (including phenoxy) is 1. The molecule has 1 heterocycles. The highest BCUT2D eigenvalue weighted by atomic mass is 32.1. The molecule has 0 aliphatic carbocycles. The molecular formula is C18H26N2O2S. The third-order valence-corrected chi connectivity index (χ3v) is 5.28. The second-order valence-electron chi connectivity index (χ2n) is 5.85. The number of aryl methyl sites for hydroxylation is 1. The van der Waals surface area contributed by atoms with Gasteiger partial charge in [-0.1, -0.05) is 0 Å². The molecule has 23 heavy (non-hydrogen) atoms. The predicted octanol–water partition coefficient (Wildman–Crippen LogP) is 3.94. The maximum atomic E-state index is 8.93. The van der Waals surface area contributed by atoms with Crippen LogP contribution in [0.2, 0.25) is 0 Å². The lowest BCUT2D eigenvalue weighted by Crippen LogP contribution is -2.29. The standard InChI is InChI=1S/C18H26N2O2S/c1-12(6-5-11-21)19-13(2)17-14(3)20-18(23-17)15-7-9-16(22-4)10-8-15/h7-10,12-13,19,21H,5-6,11H2,1-4H3. The summed E-state index contributed by atoms with van der Waals surface area (Å²) in [5.41, 5.74) is 2.20. The lowest BCUT2D eigenvalue weighted by molar-refractivity contribution is 0.274. The molecule has 0 fully saturated rings. The average molecular weight is 334 g/mol. The molecule has 2 unspecified atom stereocenters. The number of nitrogens with one attached hydrogen (secondary N) is 1. The fourth-order valence-electron chi connectivity index (χ4n) is 2.65. The smallest absolute Gasteiger partial charge is 0.123 e. The maximum Gasteiger partial charge on any atom is 0.123 e. The number of methoxy groups -OCH3 is 1. The van der Waals surface area contributed by atoms with Crippen molar-refractivity contribution in [1.29, 1.82) is 0 Å². The summed E-state index contributed by atoms with van der Waals surface area (Å²) in [7, 11) is 1.67. The van der Waals surface area contributed by atoms with E-state index >= 15 is 0 Å². The number of aliphatic hydroxyl groups is 1. The molecule has 0 bridgehead atoms. The summed E-state index contributed by atoms with van der Waals surface area (Å²) < 4.78 is 5.20. The zero-order valence-electron chi connectivity index (χ0n) is 14.3. The summed E-state index contributed by atoms with van der Waals surface area (Å²) in [5, 5.41) is 13.6. The molecule has 126 valence electrons. The molecule has 4 nitrogen and oxygen atoms in total. The van der Waals surface area contributed by atoms with Crippen molar-refractivity contribution < 1.29 is 9.84 Å². The van der Waals surface area contributed by atoms with E-state index in [1.807, 2.05) is 24.3 Å². The van der Waals surface area contributed by atoms with E-state index in [2.05, 4.69) is 26.1 Å². The van der Waals surface area contributed by atoms with Crippen molar-refractivity contribution in [2.24, 2.45) is 0 Å². The Kier molecular flexibility index (Phi) is 6.57. The van der Waals surface area contributed by atoms with E-state index < -0.39 is 0 Å². The van der Waals surface area contributed by atoms with Crippen molar-refractivity contribution in [3.8, 4) is 16.3 Å². The van der Waals surface area contributed by atoms with E-state index in [-0.39, 0.29) is 12.6 Å². The Labute approximate surface area is 142 Å². The summed E-state index contributed by atoms with van der Waals surface area (Å²) in [4.78, 5) is 5.99. The van der Waals surface area contributed by atoms with Crippen LogP contribution in [0.4, 0.5) is 0 Å². The highest BCUT2D eigenvalue weighted by molar-refractivity contribution is 7.15. The van der Waals surface area contributed by atoms with Crippen LogP contribution in [0.1, 0.15) is 43.3 Å². The molecule has 1 aromatic heterocycles. The first-order valence-corrected chi connectivity index (χ1v) is 8.85. The van der Waals surface area contributed by atoms with Crippen molar-refractivity contribution in [3.05, 3.63) is 34.8 Å². The number of hydrogen-bond donors (Lipinski definition) is 2. The van der Waals surface area contributed by atoms with Crippen molar-refractivity contribution in [2.45, 2.75) is 45.7 Å². The van der Waals surface area contributed by atoms with E-state index in [0.29, 0.717) is 6.04 Å². The van der Waals surface area contributed by atoms with Crippen LogP contribution < -0.4 is 10.1 Å². The minimum atomic E-state index is 0.252. The molecule has 0 spiro atoms. The van der Waals surface area contributed by atoms with Crippen molar-refractivity contribution in [3.63, 3.8) is 0 Å². The second-order valence-corrected chi connectivity index (χ2v) is 6.88. The lowest BCUT2D eigenvalue weighted by atomic mass is 10.1. The SMILES string of the molecule is COc1ccc(-c2nc(C)c(C(C)NC(C)CCCO)s2)cc1. The van der Waals surface area contributed by atoms with Gasteiger partial charge in [0.2, 0.25) is 0 Å². The molecule has 0 aliphatic heterocycles. The number of aromatic nitrogens is 1. The number of thiazole rings is 1. The van der Waals surface area contributed by atoms with Crippen LogP contribution in [0, 0.1) is 6.92 Å². The molecule has 0 saturated heterocycles. The quantitative estimate of drug-likeness (QED) is 0.768. The highest BCUT2D eigenvalue weighted by Crippen LogP contribution is 2.32. The summed E-state index contributed by atoms with van der Waals surface area (Å²) in [6.45, 7) is 6.65. The average Bonchev–Trinajstić information content (AvgIpc) is 2.95. The molecule has 2 aromatic rings. The van der Waals surface area contributed by atoms with E-state index in [9.17, 15) is 0 Å². The molecule has 1 aromatic carbocycles. The maximum absolute atomic E-state index is 8.93. The second kappa shape index (κ2) is 8.43. The van der Waals surface area contributed by atoms with Gasteiger partial charge in [-0.15, -0.1) is 11.3 Å². The fraction of sp³-hybridized carbons (Fsp3) is 0.500. The van der Waals surface area contributed by atoms with Gasteiger partial charge in [-0.05, 0) is 57.9 Å². The zero-order valence-corrected chi connectivity index (χ0v) is 15.1. The van der Waals surface area contributed by atoms with Gasteiger partial charge in [0.15, 0.2) is 0 Å². The third-order valence-electron chi connectivity index (χ3n) is 3.89. The fourth-order valence-corrected chi connectivity index (χ4v) is 3.73. The number of nitrogens with zero attached hydrogens (tertiary/aromatic N) is 1. The number of benzene rings is 1. The summed E-state index contributed by atoms with van der Waals surface area (Å²) in [6, 6.07) is 8.65. The van der Waals surface area contributed by atoms with Gasteiger partial charge in [0.05, 0.1) is 12.8 Å². The predicted molar refractivity (Wildman–Crippen MR) is 96.2 cm³/mol. The van der Waals surface area contributed by atoms with E-state index in [1.54, 1.807) is 18.4 Å². The Bertz CT molecular complexity index is 610. The van der Waals surface area contributed by atoms with Crippen molar-refractivity contribution in [1.82, 2.24) is 10.3 Å². The normalized spacial score (nSPS) is 13.8. The van der Waals surface area contributed by atoms with Gasteiger partial charge in [-0.2, -0.15) is 0 Å². The Morgan fingerprint density at radius 1 is 1.26 bits per heavy atom. The Morgan fingerprint density at radius 3 is 2.57 bits per heavy atom. The van der Waals surface area contributed by atoms with Gasteiger partial charge in [0.1, 0.15) is 10.8 Å². The van der Waals surface area contributed by atoms with Gasteiger partial charge >= 0.3 is 0 Å². The monoisotopic (exact) mass is 334 g/mol. The summed E-state index contributed by atoms with van der Waals surface area (Å²) in [6.07, 6.45) is 1.81. The van der Waals surface area contributed by atoms with Crippen LogP contribution in [0.15, 0.2) is 24.3 Å². The van der Waals surface area contributed by atoms with Gasteiger partial charge in [0.25, 0.3) is 0 Å². The number of rotatable bonds is 8. The molecule has 5 heteroatoms. The number of aliphatic hydroxyl groups excluding tert-OH is 1. The first-order valence-electron chi connectivity index (χ1n) is 8.03. The van der Waals surface area contributed by atoms with Crippen LogP contribution in [0.5, 0.6) is 5.75 Å². The van der Waals surface area contributed by atoms with Crippen LogP contribution in [0.25, 0.3) is 10.6 Å². The molecule has 2 N–H and O–H groups in total. The Morgan fingerprint density at radius 2 is 1.96 bits per heavy atom. The summed E-state index contributed by atoms with van der Waals surface area (Å²) in [5.74, 6) is 0.856. The molecule has 0 radical (unpaired) electrons. The van der Waals surface area contributed by atoms with Gasteiger partial charge in [-0.3, -0.25) is 0 Å². The van der Waals surface area contributed by atoms with Gasteiger partial charge in [-0.25, -0.2) is 4.98 Å². The van der Waals surface area contributed by atoms with Gasteiger partial charge in [0, 0.05) is 29.1 Å². The number of hydrogen-bond acceptors (Lipinski definition) is 5. The van der Waals surface area contributed by atoms with Crippen molar-refractivity contribution in [2.75, 3.05) is 13.7 Å². The van der Waals surface area contributed by atoms with E-state index in [0.717, 1.165) is 34.9 Å². The first kappa shape index (κ1) is 17.9. The molecule has 0 aliphatic rings. The molecule has 0 amide bonds. The summed E-state index contributed by atoms with van der Waals surface area (Å²) >= 11 is 1.74. The Balaban J connectivity index is 2.10. The highest BCUT2D eigenvalue weighted by Gasteiger charge is 2.17. The first-order chi connectivity index (χ1) is 11.0. The molecule has 2 rings (SSSR count). The zero-order chi connectivity index (χ0) is 16.8. The topological polar surface area (TPSA) is 54.4 Å². The minimum absolute atomic E-state index is 0.252. The van der Waals surface area contributed by atoms with Gasteiger partial charge < -0.3 is 15.2 Å². The van der Waals surface area contributed by atoms with Crippen LogP contribution in [-0.2, 0) is 0 Å². The van der Waals surface area contributed by atoms with E-state index in [4.69, 9.17) is 14.8 Å². The van der Waals surface area contributed by atoms with Crippen LogP contribution >= 0.6 is 11.3 Å². The van der Waals surface area contributed by atoms with Crippen LogP contribution in [0.3, 0.4) is 0 Å². The molecule has 0 saturated carbocycles. The molecule has 2 atom stereocenters. The molecular weight excluding hydrogens is 308 g/mol. The van der Waals surface area contributed by atoms with E-state index in [1.165, 1.54) is 4.88 Å². The largest absolute Gasteiger partial charge is 0.497 e. The van der Waals surface area contributed by atoms with Crippen molar-refractivity contribution >= 4 is 11.3 Å². The minimum Gasteiger partial charge on any atom is -0.497 e. The Hall–Kier alpha value is -1.43. The van der Waals surface area contributed by atoms with Crippen LogP contribution in [-0.4, -0.2) is 29.8 Å². The lowest BCUT2D eigenvalue weighted by Gasteiger charge is -2.19.